The fourth-order valence-corrected chi connectivity index (χ4v) is 1.22. The van der Waals surface area contributed by atoms with E-state index in [1.807, 2.05) is 38.1 Å². The molecule has 4 nitrogen and oxygen atoms in total. The van der Waals surface area contributed by atoms with Gasteiger partial charge in [-0.15, -0.1) is 10.2 Å². The number of aryl methyl sites for hydroxylation is 1. The van der Waals surface area contributed by atoms with Crippen molar-refractivity contribution in [1.29, 1.82) is 0 Å². The normalized spacial score (nSPS) is 18.0. The molecule has 0 spiro atoms. The lowest BCUT2D eigenvalue weighted by molar-refractivity contribution is 0.518. The number of hydrogen-bond acceptors (Lipinski definition) is 4. The largest absolute Gasteiger partial charge is 0.217 e. The Morgan fingerprint density at radius 3 is 2.08 bits per heavy atom. The molecule has 0 aliphatic carbocycles. The first kappa shape index (κ1) is 8.04. The van der Waals surface area contributed by atoms with Crippen molar-refractivity contribution in [3.63, 3.8) is 0 Å². The van der Waals surface area contributed by atoms with E-state index in [1.54, 1.807) is 0 Å². The first-order valence-corrected chi connectivity index (χ1v) is 4.12. The highest BCUT2D eigenvalue weighted by atomic mass is 15.6. The van der Waals surface area contributed by atoms with E-state index in [-0.39, 0.29) is 0 Å². The van der Waals surface area contributed by atoms with Crippen LogP contribution in [0.4, 0.5) is 0 Å². The molecule has 0 saturated heterocycles. The van der Waals surface area contributed by atoms with Crippen LogP contribution in [-0.4, -0.2) is 0 Å². The van der Waals surface area contributed by atoms with E-state index in [0.717, 1.165) is 5.56 Å². The van der Waals surface area contributed by atoms with Gasteiger partial charge in [0, 0.05) is 5.56 Å². The van der Waals surface area contributed by atoms with Gasteiger partial charge in [0.25, 0.3) is 0 Å². The molecule has 1 aliphatic rings. The molecule has 1 aliphatic heterocycles. The minimum Gasteiger partial charge on any atom is -0.130 e. The lowest BCUT2D eigenvalue weighted by Crippen LogP contribution is -2.12. The topological polar surface area (TPSA) is 49.4 Å². The molecule has 0 saturated carbocycles. The van der Waals surface area contributed by atoms with E-state index in [2.05, 4.69) is 20.7 Å². The van der Waals surface area contributed by atoms with Crippen LogP contribution >= 0.6 is 0 Å². The maximum Gasteiger partial charge on any atom is 0.217 e. The minimum absolute atomic E-state index is 0.603. The molecular weight excluding hydrogens is 164 g/mol. The Balaban J connectivity index is 2.41. The predicted octanol–water partition coefficient (Wildman–Crippen LogP) is 3.00. The van der Waals surface area contributed by atoms with E-state index in [1.165, 1.54) is 5.56 Å². The van der Waals surface area contributed by atoms with Crippen LogP contribution in [0.2, 0.25) is 0 Å². The van der Waals surface area contributed by atoms with E-state index in [9.17, 15) is 0 Å². The van der Waals surface area contributed by atoms with E-state index in [0.29, 0.717) is 0 Å². The molecule has 1 aromatic rings. The van der Waals surface area contributed by atoms with Crippen molar-refractivity contribution in [3.8, 4) is 0 Å². The second-order valence-electron chi connectivity index (χ2n) is 3.27. The van der Waals surface area contributed by atoms with Gasteiger partial charge in [0.1, 0.15) is 0 Å². The smallest absolute Gasteiger partial charge is 0.130 e. The molecule has 0 N–H and O–H groups in total. The monoisotopic (exact) mass is 174 g/mol. The molecule has 1 aromatic carbocycles. The van der Waals surface area contributed by atoms with Crippen LogP contribution in [0.1, 0.15) is 18.1 Å². The second-order valence-corrected chi connectivity index (χ2v) is 3.27. The highest BCUT2D eigenvalue weighted by molar-refractivity contribution is 5.27. The molecule has 4 heteroatoms. The zero-order valence-electron chi connectivity index (χ0n) is 7.60. The summed E-state index contributed by atoms with van der Waals surface area (Å²) in [5.74, 6) is 0. The highest BCUT2D eigenvalue weighted by Crippen LogP contribution is 2.31. The molecule has 0 amide bonds. The minimum atomic E-state index is -0.603. The summed E-state index contributed by atoms with van der Waals surface area (Å²) in [5, 5.41) is 15.0. The number of rotatable bonds is 1. The average Bonchev–Trinajstić information content (AvgIpc) is 2.54. The van der Waals surface area contributed by atoms with E-state index in [4.69, 9.17) is 0 Å². The third kappa shape index (κ3) is 1.35. The van der Waals surface area contributed by atoms with Gasteiger partial charge in [-0.3, -0.25) is 0 Å². The van der Waals surface area contributed by atoms with Crippen molar-refractivity contribution in [2.45, 2.75) is 19.5 Å². The van der Waals surface area contributed by atoms with Crippen LogP contribution in [-0.2, 0) is 5.66 Å². The lowest BCUT2D eigenvalue weighted by atomic mass is 10.0. The maximum atomic E-state index is 3.96. The molecule has 0 fully saturated rings. The van der Waals surface area contributed by atoms with Gasteiger partial charge in [-0.25, -0.2) is 0 Å². The molecule has 0 unspecified atom stereocenters. The summed E-state index contributed by atoms with van der Waals surface area (Å²) in [7, 11) is 0. The van der Waals surface area contributed by atoms with Gasteiger partial charge in [0.05, 0.1) is 0 Å². The molecule has 66 valence electrons. The summed E-state index contributed by atoms with van der Waals surface area (Å²) in [6.07, 6.45) is 0. The Kier molecular flexibility index (Phi) is 1.69. The van der Waals surface area contributed by atoms with Crippen molar-refractivity contribution < 1.29 is 0 Å². The Morgan fingerprint density at radius 1 is 1.00 bits per heavy atom. The zero-order chi connectivity index (χ0) is 9.31. The number of hydrogen-bond donors (Lipinski definition) is 0. The lowest BCUT2D eigenvalue weighted by Gasteiger charge is -2.13. The standard InChI is InChI=1S/C9H10N4/c1-7-3-5-8(6-4-7)9(2)10-12-13-11-9/h3-6H,1-2H3. The van der Waals surface area contributed by atoms with E-state index < -0.39 is 5.66 Å². The quantitative estimate of drug-likeness (QED) is 0.628. The van der Waals surface area contributed by atoms with Gasteiger partial charge >= 0.3 is 0 Å². The average molecular weight is 174 g/mol. The zero-order valence-corrected chi connectivity index (χ0v) is 7.60. The summed E-state index contributed by atoms with van der Waals surface area (Å²) >= 11 is 0. The van der Waals surface area contributed by atoms with Crippen molar-refractivity contribution in [1.82, 2.24) is 0 Å². The van der Waals surface area contributed by atoms with Crippen LogP contribution in [0.25, 0.3) is 0 Å². The third-order valence-corrected chi connectivity index (χ3v) is 2.12. The van der Waals surface area contributed by atoms with Crippen LogP contribution in [0.15, 0.2) is 44.9 Å². The van der Waals surface area contributed by atoms with Crippen molar-refractivity contribution in [3.05, 3.63) is 35.4 Å². The summed E-state index contributed by atoms with van der Waals surface area (Å²) in [6.45, 7) is 3.93. The van der Waals surface area contributed by atoms with Crippen LogP contribution in [0, 0.1) is 6.92 Å². The van der Waals surface area contributed by atoms with Gasteiger partial charge in [0.2, 0.25) is 5.66 Å². The van der Waals surface area contributed by atoms with Crippen LogP contribution < -0.4 is 0 Å². The molecule has 1 heterocycles. The Labute approximate surface area is 76.4 Å². The van der Waals surface area contributed by atoms with Gasteiger partial charge in [-0.2, -0.15) is 0 Å². The molecule has 0 bridgehead atoms. The van der Waals surface area contributed by atoms with Crippen molar-refractivity contribution in [2.75, 3.05) is 0 Å². The Morgan fingerprint density at radius 2 is 1.54 bits per heavy atom. The first-order valence-electron chi connectivity index (χ1n) is 4.12. The summed E-state index contributed by atoms with van der Waals surface area (Å²) in [5.41, 5.74) is 1.63. The molecule has 13 heavy (non-hydrogen) atoms. The van der Waals surface area contributed by atoms with Crippen LogP contribution in [0.5, 0.6) is 0 Å². The summed E-state index contributed by atoms with van der Waals surface area (Å²) in [6, 6.07) is 8.06. The predicted molar refractivity (Wildman–Crippen MR) is 48.2 cm³/mol. The summed E-state index contributed by atoms with van der Waals surface area (Å²) in [4.78, 5) is 0. The summed E-state index contributed by atoms with van der Waals surface area (Å²) < 4.78 is 0. The number of nitrogens with zero attached hydrogens (tertiary/aromatic N) is 4. The van der Waals surface area contributed by atoms with Crippen LogP contribution in [0.3, 0.4) is 0 Å². The molecule has 0 radical (unpaired) electrons. The molecular formula is C9H10N4. The van der Waals surface area contributed by atoms with Crippen molar-refractivity contribution >= 4 is 0 Å². The molecule has 0 atom stereocenters. The molecule has 0 aromatic heterocycles. The fraction of sp³-hybridized carbons (Fsp3) is 0.333. The second kappa shape index (κ2) is 2.73. The maximum absolute atomic E-state index is 3.96. The van der Waals surface area contributed by atoms with Gasteiger partial charge in [0.15, 0.2) is 0 Å². The Hall–Kier alpha value is -1.58. The SMILES string of the molecule is Cc1ccc(C2(C)N=NN=N2)cc1. The van der Waals surface area contributed by atoms with Crippen molar-refractivity contribution in [2.24, 2.45) is 20.7 Å². The molecule has 2 rings (SSSR count). The fourth-order valence-electron chi connectivity index (χ4n) is 1.22. The Bertz CT molecular complexity index is 352. The first-order chi connectivity index (χ1) is 6.21. The van der Waals surface area contributed by atoms with Gasteiger partial charge in [-0.05, 0) is 24.3 Å². The highest BCUT2D eigenvalue weighted by Gasteiger charge is 2.28. The number of benzene rings is 1. The van der Waals surface area contributed by atoms with Gasteiger partial charge in [-0.1, -0.05) is 29.8 Å². The third-order valence-electron chi connectivity index (χ3n) is 2.12. The van der Waals surface area contributed by atoms with E-state index >= 15 is 0 Å². The van der Waals surface area contributed by atoms with Gasteiger partial charge < -0.3 is 0 Å².